The first-order valence-corrected chi connectivity index (χ1v) is 9.66. The van der Waals surface area contributed by atoms with Crippen molar-refractivity contribution in [3.63, 3.8) is 0 Å². The van der Waals surface area contributed by atoms with E-state index in [1.807, 2.05) is 23.6 Å². The molecule has 130 valence electrons. The Morgan fingerprint density at radius 2 is 1.96 bits per heavy atom. The van der Waals surface area contributed by atoms with E-state index in [0.29, 0.717) is 17.0 Å². The van der Waals surface area contributed by atoms with E-state index in [1.54, 1.807) is 0 Å². The molecule has 0 amide bonds. The molecule has 0 radical (unpaired) electrons. The summed E-state index contributed by atoms with van der Waals surface area (Å²) < 4.78 is 14.5. The maximum Gasteiger partial charge on any atom is 0.281 e. The molecule has 0 unspecified atom stereocenters. The van der Waals surface area contributed by atoms with Crippen molar-refractivity contribution in [1.82, 2.24) is 9.55 Å². The Kier molecular flexibility index (Phi) is 3.54. The number of hydrogen-bond acceptors (Lipinski definition) is 4. The second-order valence-corrected chi connectivity index (χ2v) is 7.95. The third-order valence-corrected chi connectivity index (χ3v) is 6.26. The molecule has 0 N–H and O–H groups in total. The molecule has 0 atom stereocenters. The maximum atomic E-state index is 13.2. The van der Waals surface area contributed by atoms with E-state index in [-0.39, 0.29) is 17.5 Å². The second-order valence-electron chi connectivity index (χ2n) is 7.09. The van der Waals surface area contributed by atoms with Gasteiger partial charge in [0.15, 0.2) is 17.0 Å². The number of hydrogen-bond donors (Lipinski definition) is 0. The number of nitrogens with zero attached hydrogens (tertiary/aromatic N) is 2. The molecule has 2 aromatic heterocycles. The lowest BCUT2D eigenvalue weighted by Crippen LogP contribution is -2.21. The smallest absolute Gasteiger partial charge is 0.281 e. The first-order valence-electron chi connectivity index (χ1n) is 8.86. The van der Waals surface area contributed by atoms with Crippen LogP contribution >= 0.6 is 15.9 Å². The largest absolute Gasteiger partial charge is 0.439 e. The second kappa shape index (κ2) is 5.68. The number of ether oxygens (including phenoxy) is 1. The number of pyridine rings is 1. The standard InChI is InChI=1S/C19H19BrN2O3/c1-10-14(20)5-4-13-16(10)22(12-2-3-12)19(23)15-17(13)25-18(21-15)11-6-8-24-9-7-11/h4-5,11-12H,2-3,6-9H2,1H3. The van der Waals surface area contributed by atoms with Crippen LogP contribution in [-0.2, 0) is 4.74 Å². The Morgan fingerprint density at radius 1 is 1.20 bits per heavy atom. The molecule has 1 aliphatic carbocycles. The van der Waals surface area contributed by atoms with E-state index >= 15 is 0 Å². The van der Waals surface area contributed by atoms with Crippen LogP contribution in [0, 0.1) is 6.92 Å². The Morgan fingerprint density at radius 3 is 2.68 bits per heavy atom. The van der Waals surface area contributed by atoms with Gasteiger partial charge in [0, 0.05) is 35.0 Å². The Balaban J connectivity index is 1.83. The fraction of sp³-hybridized carbons (Fsp3) is 0.474. The number of aryl methyl sites for hydroxylation is 1. The molecule has 1 aliphatic heterocycles. The number of fused-ring (bicyclic) bond motifs is 3. The Hall–Kier alpha value is -1.66. The molecule has 1 aromatic carbocycles. The third-order valence-electron chi connectivity index (χ3n) is 5.40. The summed E-state index contributed by atoms with van der Waals surface area (Å²) in [5.74, 6) is 0.923. The number of halogens is 1. The normalized spacial score (nSPS) is 19.1. The molecular formula is C19H19BrN2O3. The van der Waals surface area contributed by atoms with E-state index in [4.69, 9.17) is 9.15 Å². The van der Waals surface area contributed by atoms with Crippen LogP contribution in [0.1, 0.15) is 49.1 Å². The maximum absolute atomic E-state index is 13.2. The van der Waals surface area contributed by atoms with Gasteiger partial charge in [-0.2, -0.15) is 0 Å². The van der Waals surface area contributed by atoms with Crippen molar-refractivity contribution in [3.05, 3.63) is 38.4 Å². The van der Waals surface area contributed by atoms with Crippen molar-refractivity contribution >= 4 is 37.9 Å². The highest BCUT2D eigenvalue weighted by Crippen LogP contribution is 2.40. The van der Waals surface area contributed by atoms with Gasteiger partial charge < -0.3 is 13.7 Å². The van der Waals surface area contributed by atoms with Gasteiger partial charge in [0.1, 0.15) is 0 Å². The molecule has 5 rings (SSSR count). The zero-order valence-corrected chi connectivity index (χ0v) is 15.6. The number of benzene rings is 1. The zero-order valence-electron chi connectivity index (χ0n) is 14.0. The minimum atomic E-state index is -0.0201. The van der Waals surface area contributed by atoms with Gasteiger partial charge >= 0.3 is 0 Å². The molecule has 3 heterocycles. The molecule has 1 saturated heterocycles. The number of aromatic nitrogens is 2. The molecule has 25 heavy (non-hydrogen) atoms. The molecule has 6 heteroatoms. The summed E-state index contributed by atoms with van der Waals surface area (Å²) in [5.41, 5.74) is 3.14. The van der Waals surface area contributed by atoms with Gasteiger partial charge in [0.25, 0.3) is 5.56 Å². The summed E-state index contributed by atoms with van der Waals surface area (Å²) in [4.78, 5) is 17.8. The van der Waals surface area contributed by atoms with Crippen molar-refractivity contribution in [1.29, 1.82) is 0 Å². The van der Waals surface area contributed by atoms with Crippen LogP contribution < -0.4 is 5.56 Å². The molecule has 0 bridgehead atoms. The quantitative estimate of drug-likeness (QED) is 0.635. The number of rotatable bonds is 2. The van der Waals surface area contributed by atoms with E-state index in [9.17, 15) is 4.79 Å². The Bertz CT molecular complexity index is 1040. The van der Waals surface area contributed by atoms with Crippen molar-refractivity contribution in [2.45, 2.75) is 44.6 Å². The van der Waals surface area contributed by atoms with Crippen molar-refractivity contribution in [2.24, 2.45) is 0 Å². The van der Waals surface area contributed by atoms with Crippen LogP contribution in [0.25, 0.3) is 22.0 Å². The molecule has 1 saturated carbocycles. The van der Waals surface area contributed by atoms with Crippen LogP contribution in [0.4, 0.5) is 0 Å². The van der Waals surface area contributed by atoms with Crippen molar-refractivity contribution in [3.8, 4) is 0 Å². The summed E-state index contributed by atoms with van der Waals surface area (Å²) >= 11 is 3.60. The van der Waals surface area contributed by atoms with Gasteiger partial charge in [-0.1, -0.05) is 15.9 Å². The van der Waals surface area contributed by atoms with Gasteiger partial charge in [0.2, 0.25) is 0 Å². The fourth-order valence-corrected chi connectivity index (χ4v) is 4.17. The minimum absolute atomic E-state index is 0.0201. The summed E-state index contributed by atoms with van der Waals surface area (Å²) in [6.45, 7) is 3.50. The van der Waals surface area contributed by atoms with Crippen LogP contribution in [0.5, 0.6) is 0 Å². The van der Waals surface area contributed by atoms with Gasteiger partial charge in [-0.25, -0.2) is 4.98 Å². The van der Waals surface area contributed by atoms with Crippen LogP contribution in [0.3, 0.4) is 0 Å². The molecule has 0 spiro atoms. The third kappa shape index (κ3) is 2.38. The molecule has 2 fully saturated rings. The predicted molar refractivity (Wildman–Crippen MR) is 99.3 cm³/mol. The van der Waals surface area contributed by atoms with Gasteiger partial charge in [0.05, 0.1) is 5.52 Å². The van der Waals surface area contributed by atoms with Crippen LogP contribution in [0.2, 0.25) is 0 Å². The highest BCUT2D eigenvalue weighted by molar-refractivity contribution is 9.10. The summed E-state index contributed by atoms with van der Waals surface area (Å²) in [5, 5.41) is 0.980. The Labute approximate surface area is 153 Å². The molecular weight excluding hydrogens is 384 g/mol. The van der Waals surface area contributed by atoms with Gasteiger partial charge in [-0.05, 0) is 50.3 Å². The van der Waals surface area contributed by atoms with Crippen molar-refractivity contribution < 1.29 is 9.15 Å². The fourth-order valence-electron chi connectivity index (χ4n) is 3.85. The monoisotopic (exact) mass is 402 g/mol. The van der Waals surface area contributed by atoms with Crippen LogP contribution in [-0.4, -0.2) is 22.8 Å². The van der Waals surface area contributed by atoms with Gasteiger partial charge in [-0.15, -0.1) is 0 Å². The first-order chi connectivity index (χ1) is 12.1. The highest BCUT2D eigenvalue weighted by atomic mass is 79.9. The average molecular weight is 403 g/mol. The lowest BCUT2D eigenvalue weighted by Gasteiger charge is -2.18. The lowest BCUT2D eigenvalue weighted by atomic mass is 10.0. The highest BCUT2D eigenvalue weighted by Gasteiger charge is 2.31. The van der Waals surface area contributed by atoms with E-state index in [2.05, 4.69) is 20.9 Å². The number of oxazole rings is 1. The lowest BCUT2D eigenvalue weighted by molar-refractivity contribution is 0.0798. The minimum Gasteiger partial charge on any atom is -0.439 e. The van der Waals surface area contributed by atoms with Crippen LogP contribution in [0.15, 0.2) is 25.8 Å². The zero-order chi connectivity index (χ0) is 17.1. The van der Waals surface area contributed by atoms with Gasteiger partial charge in [-0.3, -0.25) is 4.79 Å². The van der Waals surface area contributed by atoms with E-state index in [0.717, 1.165) is 59.8 Å². The molecule has 3 aromatic rings. The van der Waals surface area contributed by atoms with Crippen molar-refractivity contribution in [2.75, 3.05) is 13.2 Å². The first kappa shape index (κ1) is 15.6. The topological polar surface area (TPSA) is 57.3 Å². The van der Waals surface area contributed by atoms with E-state index < -0.39 is 0 Å². The SMILES string of the molecule is Cc1c(Br)ccc2c3oc(C4CCOCC4)nc3c(=O)n(C3CC3)c12. The summed E-state index contributed by atoms with van der Waals surface area (Å²) in [7, 11) is 0. The predicted octanol–water partition coefficient (Wildman–Crippen LogP) is 4.44. The summed E-state index contributed by atoms with van der Waals surface area (Å²) in [6, 6.07) is 4.34. The molecule has 2 aliphatic rings. The summed E-state index contributed by atoms with van der Waals surface area (Å²) in [6.07, 6.45) is 3.90. The average Bonchev–Trinajstić information content (AvgIpc) is 3.36. The molecule has 5 nitrogen and oxygen atoms in total. The van der Waals surface area contributed by atoms with E-state index in [1.165, 1.54) is 0 Å².